The molecule has 0 spiro atoms. The highest BCUT2D eigenvalue weighted by molar-refractivity contribution is 7.80. The number of aromatic amines is 1. The molecule has 0 fully saturated rings. The lowest BCUT2D eigenvalue weighted by Crippen LogP contribution is -2.28. The maximum Gasteiger partial charge on any atom is 0.265 e. The molecule has 0 aliphatic rings. The molecule has 0 radical (unpaired) electrons. The van der Waals surface area contributed by atoms with Gasteiger partial charge in [-0.2, -0.15) is 0 Å². The molecule has 98 valence electrons. The maximum atomic E-state index is 13.8. The number of rotatable bonds is 3. The van der Waals surface area contributed by atoms with Gasteiger partial charge in [0.25, 0.3) is 11.1 Å². The Hall–Kier alpha value is -2.28. The average Bonchev–Trinajstić information content (AvgIpc) is 2.36. The Bertz CT molecular complexity index is 751. The van der Waals surface area contributed by atoms with Gasteiger partial charge >= 0.3 is 0 Å². The van der Waals surface area contributed by atoms with Crippen molar-refractivity contribution in [3.05, 3.63) is 68.0 Å². The van der Waals surface area contributed by atoms with Crippen LogP contribution in [0.15, 0.2) is 39.9 Å². The largest absolute Gasteiger partial charge is 0.389 e. The summed E-state index contributed by atoms with van der Waals surface area (Å²) in [6.07, 6.45) is 0. The zero-order valence-corrected chi connectivity index (χ0v) is 10.5. The van der Waals surface area contributed by atoms with E-state index in [1.807, 2.05) is 0 Å². The second-order valence-corrected chi connectivity index (χ2v) is 4.34. The molecule has 2 aromatic rings. The fraction of sp³-hybridized carbons (Fsp3) is 0.0833. The van der Waals surface area contributed by atoms with Crippen molar-refractivity contribution in [2.24, 2.45) is 5.73 Å². The highest BCUT2D eigenvalue weighted by Crippen LogP contribution is 2.11. The lowest BCUT2D eigenvalue weighted by Gasteiger charge is -2.07. The van der Waals surface area contributed by atoms with Gasteiger partial charge in [0.2, 0.25) is 0 Å². The Labute approximate surface area is 112 Å². The Morgan fingerprint density at radius 2 is 2.05 bits per heavy atom. The van der Waals surface area contributed by atoms with Crippen molar-refractivity contribution in [1.82, 2.24) is 9.78 Å². The predicted molar refractivity (Wildman–Crippen MR) is 72.7 cm³/mol. The normalized spacial score (nSPS) is 10.4. The highest BCUT2D eigenvalue weighted by atomic mass is 32.1. The van der Waals surface area contributed by atoms with Gasteiger partial charge in [0.05, 0.1) is 6.54 Å². The topological polar surface area (TPSA) is 80.9 Å². The van der Waals surface area contributed by atoms with Crippen LogP contribution in [0.2, 0.25) is 0 Å². The van der Waals surface area contributed by atoms with Crippen LogP contribution in [-0.4, -0.2) is 14.8 Å². The van der Waals surface area contributed by atoms with Crippen LogP contribution in [0, 0.1) is 5.82 Å². The summed E-state index contributed by atoms with van der Waals surface area (Å²) in [6.45, 7) is -0.0711. The van der Waals surface area contributed by atoms with E-state index in [4.69, 9.17) is 18.0 Å². The third kappa shape index (κ3) is 2.94. The number of halogens is 1. The van der Waals surface area contributed by atoms with E-state index in [0.717, 1.165) is 16.8 Å². The quantitative estimate of drug-likeness (QED) is 0.795. The van der Waals surface area contributed by atoms with E-state index in [2.05, 4.69) is 5.10 Å². The van der Waals surface area contributed by atoms with Crippen LogP contribution in [0.5, 0.6) is 0 Å². The van der Waals surface area contributed by atoms with E-state index in [1.165, 1.54) is 12.1 Å². The molecule has 1 aromatic heterocycles. The average molecular weight is 279 g/mol. The van der Waals surface area contributed by atoms with Crippen LogP contribution in [0.1, 0.15) is 11.1 Å². The third-order valence-corrected chi connectivity index (χ3v) is 2.79. The fourth-order valence-corrected chi connectivity index (χ4v) is 1.71. The first-order chi connectivity index (χ1) is 8.97. The van der Waals surface area contributed by atoms with E-state index in [-0.39, 0.29) is 17.1 Å². The number of hydrogen-bond acceptors (Lipinski definition) is 3. The van der Waals surface area contributed by atoms with Gasteiger partial charge in [-0.15, -0.1) is 0 Å². The van der Waals surface area contributed by atoms with Gasteiger partial charge in [-0.3, -0.25) is 14.7 Å². The Balaban J connectivity index is 2.39. The molecule has 0 bridgehead atoms. The third-order valence-electron chi connectivity index (χ3n) is 2.55. The predicted octanol–water partition coefficient (Wildman–Crippen LogP) is 0.358. The number of nitrogens with two attached hydrogens (primary N) is 1. The molecule has 1 aromatic carbocycles. The van der Waals surface area contributed by atoms with Crippen molar-refractivity contribution >= 4 is 17.2 Å². The summed E-state index contributed by atoms with van der Waals surface area (Å²) in [5.41, 5.74) is 5.20. The molecule has 0 saturated carbocycles. The molecule has 0 aliphatic carbocycles. The lowest BCUT2D eigenvalue weighted by molar-refractivity contribution is 0.568. The molecule has 19 heavy (non-hydrogen) atoms. The maximum absolute atomic E-state index is 13.8. The summed E-state index contributed by atoms with van der Waals surface area (Å²) in [4.78, 5) is 22.7. The molecule has 2 rings (SSSR count). The Morgan fingerprint density at radius 3 is 2.68 bits per heavy atom. The Morgan fingerprint density at radius 1 is 1.32 bits per heavy atom. The van der Waals surface area contributed by atoms with Crippen molar-refractivity contribution in [2.75, 3.05) is 0 Å². The number of nitrogens with zero attached hydrogens (tertiary/aromatic N) is 1. The summed E-state index contributed by atoms with van der Waals surface area (Å²) >= 11 is 4.74. The molecule has 5 nitrogen and oxygen atoms in total. The molecular weight excluding hydrogens is 269 g/mol. The summed E-state index contributed by atoms with van der Waals surface area (Å²) in [6, 6.07) is 6.48. The highest BCUT2D eigenvalue weighted by Gasteiger charge is 2.07. The van der Waals surface area contributed by atoms with Crippen molar-refractivity contribution in [1.29, 1.82) is 0 Å². The van der Waals surface area contributed by atoms with Gasteiger partial charge < -0.3 is 5.73 Å². The molecule has 0 amide bonds. The minimum absolute atomic E-state index is 0.0711. The summed E-state index contributed by atoms with van der Waals surface area (Å²) < 4.78 is 14.8. The van der Waals surface area contributed by atoms with Gasteiger partial charge in [-0.1, -0.05) is 24.4 Å². The number of thiocarbonyl (C=S) groups is 1. The fourth-order valence-electron chi connectivity index (χ4n) is 1.58. The zero-order valence-electron chi connectivity index (χ0n) is 9.72. The molecule has 0 aliphatic heterocycles. The van der Waals surface area contributed by atoms with Crippen LogP contribution in [0.4, 0.5) is 4.39 Å². The summed E-state index contributed by atoms with van der Waals surface area (Å²) in [5.74, 6) is -0.540. The molecule has 7 heteroatoms. The van der Waals surface area contributed by atoms with Crippen LogP contribution in [0.3, 0.4) is 0 Å². The van der Waals surface area contributed by atoms with Crippen molar-refractivity contribution in [2.45, 2.75) is 6.54 Å². The molecule has 0 saturated heterocycles. The zero-order chi connectivity index (χ0) is 14.0. The van der Waals surface area contributed by atoms with Gasteiger partial charge in [0, 0.05) is 23.3 Å². The number of hydrogen-bond donors (Lipinski definition) is 2. The molecule has 3 N–H and O–H groups in total. The van der Waals surface area contributed by atoms with Crippen molar-refractivity contribution < 1.29 is 4.39 Å². The molecular formula is C12H10FN3O2S. The summed E-state index contributed by atoms with van der Waals surface area (Å²) in [5, 5.41) is 2.32. The number of nitrogens with one attached hydrogen (secondary N) is 1. The lowest BCUT2D eigenvalue weighted by atomic mass is 10.1. The second kappa shape index (κ2) is 5.15. The number of aromatic nitrogens is 2. The van der Waals surface area contributed by atoms with E-state index >= 15 is 0 Å². The van der Waals surface area contributed by atoms with Gasteiger partial charge in [0.15, 0.2) is 0 Å². The minimum atomic E-state index is -0.540. The smallest absolute Gasteiger partial charge is 0.265 e. The van der Waals surface area contributed by atoms with Crippen LogP contribution < -0.4 is 16.9 Å². The minimum Gasteiger partial charge on any atom is -0.389 e. The van der Waals surface area contributed by atoms with E-state index in [9.17, 15) is 14.0 Å². The van der Waals surface area contributed by atoms with E-state index < -0.39 is 16.9 Å². The van der Waals surface area contributed by atoms with E-state index in [1.54, 1.807) is 6.07 Å². The van der Waals surface area contributed by atoms with Crippen molar-refractivity contribution in [3.63, 3.8) is 0 Å². The Kier molecular flexibility index (Phi) is 3.57. The first kappa shape index (κ1) is 13.2. The van der Waals surface area contributed by atoms with Crippen LogP contribution in [0.25, 0.3) is 0 Å². The second-order valence-electron chi connectivity index (χ2n) is 3.90. The number of benzene rings is 1. The van der Waals surface area contributed by atoms with Crippen molar-refractivity contribution in [3.8, 4) is 0 Å². The first-order valence-corrected chi connectivity index (χ1v) is 5.76. The number of H-pyrrole nitrogens is 1. The monoisotopic (exact) mass is 279 g/mol. The van der Waals surface area contributed by atoms with Crippen LogP contribution >= 0.6 is 12.2 Å². The molecule has 0 unspecified atom stereocenters. The summed E-state index contributed by atoms with van der Waals surface area (Å²) in [7, 11) is 0. The SMILES string of the molecule is NC(=S)c1ccc(Cn2[nH]c(=O)ccc2=O)c(F)c1. The van der Waals surface area contributed by atoms with Crippen LogP contribution in [-0.2, 0) is 6.54 Å². The standard InChI is InChI=1S/C12H10FN3O2S/c13-9-5-7(12(14)19)1-2-8(9)6-16-11(18)4-3-10(17)15-16/h1-5H,6H2,(H2,14,19)(H,15,17). The molecule has 1 heterocycles. The van der Waals surface area contributed by atoms with Gasteiger partial charge in [-0.25, -0.2) is 9.07 Å². The first-order valence-electron chi connectivity index (χ1n) is 5.36. The van der Waals surface area contributed by atoms with Gasteiger partial charge in [-0.05, 0) is 6.07 Å². The van der Waals surface area contributed by atoms with Gasteiger partial charge in [0.1, 0.15) is 10.8 Å². The van der Waals surface area contributed by atoms with E-state index in [0.29, 0.717) is 5.56 Å². The molecule has 0 atom stereocenters.